The summed E-state index contributed by atoms with van der Waals surface area (Å²) in [5, 5.41) is 1.72. The number of fused-ring (bicyclic) bond motifs is 1. The molecule has 1 amide bonds. The van der Waals surface area contributed by atoms with Gasteiger partial charge in [-0.25, -0.2) is 4.39 Å². The third-order valence-corrected chi connectivity index (χ3v) is 5.54. The van der Waals surface area contributed by atoms with Gasteiger partial charge >= 0.3 is 0 Å². The number of ether oxygens (including phenoxy) is 1. The van der Waals surface area contributed by atoms with Gasteiger partial charge in [0.15, 0.2) is 0 Å². The highest BCUT2D eigenvalue weighted by Gasteiger charge is 2.17. The van der Waals surface area contributed by atoms with Crippen molar-refractivity contribution >= 4 is 28.4 Å². The van der Waals surface area contributed by atoms with Gasteiger partial charge in [0.2, 0.25) is 0 Å². The van der Waals surface area contributed by atoms with Gasteiger partial charge in [-0.1, -0.05) is 23.7 Å². The zero-order valence-corrected chi connectivity index (χ0v) is 17.8. The first-order valence-electron chi connectivity index (χ1n) is 9.97. The van der Waals surface area contributed by atoms with Crippen LogP contribution in [0.3, 0.4) is 0 Å². The topological polar surface area (TPSA) is 45.3 Å². The van der Waals surface area contributed by atoms with Crippen molar-refractivity contribution < 1.29 is 13.9 Å². The van der Waals surface area contributed by atoms with Crippen LogP contribution >= 0.6 is 11.6 Å². The molecule has 4 aromatic rings. The molecule has 6 heteroatoms. The first kappa shape index (κ1) is 20.9. The molecular weight excluding hydrogens is 415 g/mol. The number of nitrogens with one attached hydrogen (secondary N) is 1. The lowest BCUT2D eigenvalue weighted by Crippen LogP contribution is -2.32. The van der Waals surface area contributed by atoms with E-state index in [-0.39, 0.29) is 11.7 Å². The number of amides is 1. The molecular formula is C25H22ClFN2O2. The Labute approximate surface area is 185 Å². The van der Waals surface area contributed by atoms with E-state index in [9.17, 15) is 9.18 Å². The third-order valence-electron chi connectivity index (χ3n) is 5.29. The molecule has 4 rings (SSSR count). The van der Waals surface area contributed by atoms with Crippen molar-refractivity contribution in [2.45, 2.75) is 13.0 Å². The molecule has 0 atom stereocenters. The number of rotatable bonds is 7. The number of hydrogen-bond donors (Lipinski definition) is 1. The molecule has 0 radical (unpaired) electrons. The zero-order chi connectivity index (χ0) is 21.8. The summed E-state index contributed by atoms with van der Waals surface area (Å²) in [6.07, 6.45) is 2.63. The van der Waals surface area contributed by atoms with E-state index in [0.29, 0.717) is 30.1 Å². The number of halogens is 2. The van der Waals surface area contributed by atoms with Crippen molar-refractivity contribution in [2.75, 3.05) is 13.7 Å². The second kappa shape index (κ2) is 9.23. The van der Waals surface area contributed by atoms with Crippen LogP contribution in [0.4, 0.5) is 4.39 Å². The van der Waals surface area contributed by atoms with E-state index in [1.54, 1.807) is 12.0 Å². The van der Waals surface area contributed by atoms with Gasteiger partial charge in [-0.3, -0.25) is 4.79 Å². The van der Waals surface area contributed by atoms with Crippen molar-refractivity contribution in [3.8, 4) is 5.75 Å². The second-order valence-corrected chi connectivity index (χ2v) is 7.77. The molecule has 158 valence electrons. The lowest BCUT2D eigenvalue weighted by molar-refractivity contribution is 0.0745. The number of carbonyl (C=O) groups excluding carboxylic acids is 1. The number of hydrogen-bond acceptors (Lipinski definition) is 2. The Balaban J connectivity index is 1.58. The molecule has 0 fully saturated rings. The Morgan fingerprint density at radius 3 is 2.52 bits per heavy atom. The van der Waals surface area contributed by atoms with E-state index in [1.807, 2.05) is 48.7 Å². The van der Waals surface area contributed by atoms with E-state index in [4.69, 9.17) is 16.3 Å². The van der Waals surface area contributed by atoms with Crippen LogP contribution < -0.4 is 4.74 Å². The minimum Gasteiger partial charge on any atom is -0.497 e. The average molecular weight is 437 g/mol. The molecule has 0 bridgehead atoms. The minimum absolute atomic E-state index is 0.146. The maximum Gasteiger partial charge on any atom is 0.254 e. The molecule has 0 unspecified atom stereocenters. The van der Waals surface area contributed by atoms with Crippen molar-refractivity contribution in [3.63, 3.8) is 0 Å². The fourth-order valence-electron chi connectivity index (χ4n) is 3.58. The van der Waals surface area contributed by atoms with Crippen molar-refractivity contribution in [1.29, 1.82) is 0 Å². The Kier molecular flexibility index (Phi) is 6.23. The Bertz CT molecular complexity index is 1190. The first-order valence-corrected chi connectivity index (χ1v) is 10.3. The molecule has 0 aliphatic carbocycles. The summed E-state index contributed by atoms with van der Waals surface area (Å²) in [6.45, 7) is 0.933. The van der Waals surface area contributed by atoms with Crippen LogP contribution in [0.25, 0.3) is 10.9 Å². The molecule has 31 heavy (non-hydrogen) atoms. The summed E-state index contributed by atoms with van der Waals surface area (Å²) in [5.41, 5.74) is 3.54. The highest BCUT2D eigenvalue weighted by molar-refractivity contribution is 6.30. The van der Waals surface area contributed by atoms with E-state index < -0.39 is 0 Å². The predicted octanol–water partition coefficient (Wildman–Crippen LogP) is 5.85. The van der Waals surface area contributed by atoms with Gasteiger partial charge in [0.05, 0.1) is 7.11 Å². The quantitative estimate of drug-likeness (QED) is 0.394. The largest absolute Gasteiger partial charge is 0.497 e. The van der Waals surface area contributed by atoms with Crippen LogP contribution in [0, 0.1) is 5.82 Å². The number of H-pyrrole nitrogens is 1. The molecule has 0 saturated carbocycles. The van der Waals surface area contributed by atoms with Gasteiger partial charge < -0.3 is 14.6 Å². The maximum absolute atomic E-state index is 13.3. The summed E-state index contributed by atoms with van der Waals surface area (Å²) in [4.78, 5) is 18.2. The average Bonchev–Trinajstić information content (AvgIpc) is 3.20. The van der Waals surface area contributed by atoms with Crippen LogP contribution in [0.15, 0.2) is 72.9 Å². The number of aromatic nitrogens is 1. The maximum atomic E-state index is 13.3. The van der Waals surface area contributed by atoms with Gasteiger partial charge in [-0.05, 0) is 72.1 Å². The molecule has 3 aromatic carbocycles. The van der Waals surface area contributed by atoms with E-state index >= 15 is 0 Å². The fourth-order valence-corrected chi connectivity index (χ4v) is 3.71. The minimum atomic E-state index is -0.367. The standard InChI is InChI=1S/C25H22ClFN2O2/c1-31-22-10-11-24-23(14-22)19(15-28-24)12-13-29(16-17-2-6-20(26)7-3-17)25(30)18-4-8-21(27)9-5-18/h2-11,14-15,28H,12-13,16H2,1H3. The SMILES string of the molecule is COc1ccc2[nH]cc(CCN(Cc3ccc(Cl)cc3)C(=O)c3ccc(F)cc3)c2c1. The number of benzene rings is 3. The first-order chi connectivity index (χ1) is 15.0. The molecule has 0 saturated heterocycles. The lowest BCUT2D eigenvalue weighted by Gasteiger charge is -2.23. The summed E-state index contributed by atoms with van der Waals surface area (Å²) in [7, 11) is 1.64. The van der Waals surface area contributed by atoms with Crippen LogP contribution in [0.5, 0.6) is 5.75 Å². The second-order valence-electron chi connectivity index (χ2n) is 7.34. The molecule has 4 nitrogen and oxygen atoms in total. The zero-order valence-electron chi connectivity index (χ0n) is 17.1. The van der Waals surface area contributed by atoms with Crippen molar-refractivity contribution in [2.24, 2.45) is 0 Å². The molecule has 1 heterocycles. The number of methoxy groups -OCH3 is 1. The van der Waals surface area contributed by atoms with Gasteiger partial charge in [0.1, 0.15) is 11.6 Å². The Hall–Kier alpha value is -3.31. The fraction of sp³-hybridized carbons (Fsp3) is 0.160. The lowest BCUT2D eigenvalue weighted by atomic mass is 10.1. The van der Waals surface area contributed by atoms with Crippen LogP contribution in [0.2, 0.25) is 5.02 Å². The number of aromatic amines is 1. The predicted molar refractivity (Wildman–Crippen MR) is 121 cm³/mol. The van der Waals surface area contributed by atoms with Crippen LogP contribution in [-0.2, 0) is 13.0 Å². The molecule has 1 aromatic heterocycles. The third kappa shape index (κ3) is 4.89. The van der Waals surface area contributed by atoms with E-state index in [0.717, 1.165) is 27.8 Å². The van der Waals surface area contributed by atoms with E-state index in [2.05, 4.69) is 4.98 Å². The van der Waals surface area contributed by atoms with Gasteiger partial charge in [0.25, 0.3) is 5.91 Å². The molecule has 0 spiro atoms. The Morgan fingerprint density at radius 2 is 1.81 bits per heavy atom. The highest BCUT2D eigenvalue weighted by atomic mass is 35.5. The van der Waals surface area contributed by atoms with Crippen molar-refractivity contribution in [1.82, 2.24) is 9.88 Å². The monoisotopic (exact) mass is 436 g/mol. The molecule has 0 aliphatic rings. The molecule has 1 N–H and O–H groups in total. The van der Waals surface area contributed by atoms with Gasteiger partial charge in [0, 0.05) is 40.8 Å². The smallest absolute Gasteiger partial charge is 0.254 e. The van der Waals surface area contributed by atoms with Crippen molar-refractivity contribution in [3.05, 3.63) is 100 Å². The summed E-state index contributed by atoms with van der Waals surface area (Å²) >= 11 is 6.00. The Morgan fingerprint density at radius 1 is 1.06 bits per heavy atom. The van der Waals surface area contributed by atoms with Gasteiger partial charge in [-0.2, -0.15) is 0 Å². The summed E-state index contributed by atoms with van der Waals surface area (Å²) in [5.74, 6) is 0.273. The number of carbonyl (C=O) groups is 1. The summed E-state index contributed by atoms with van der Waals surface area (Å²) < 4.78 is 18.7. The van der Waals surface area contributed by atoms with Crippen LogP contribution in [0.1, 0.15) is 21.5 Å². The normalized spacial score (nSPS) is 10.9. The highest BCUT2D eigenvalue weighted by Crippen LogP contribution is 2.24. The van der Waals surface area contributed by atoms with E-state index in [1.165, 1.54) is 24.3 Å². The van der Waals surface area contributed by atoms with Gasteiger partial charge in [-0.15, -0.1) is 0 Å². The number of nitrogens with zero attached hydrogens (tertiary/aromatic N) is 1. The summed E-state index contributed by atoms with van der Waals surface area (Å²) in [6, 6.07) is 19.0. The molecule has 0 aliphatic heterocycles. The van der Waals surface area contributed by atoms with Crippen LogP contribution in [-0.4, -0.2) is 29.4 Å².